The average Bonchev–Trinajstić information content (AvgIpc) is 2.88. The number of azo groups is 1. The molecule has 0 unspecified atom stereocenters. The van der Waals surface area contributed by atoms with Crippen LogP contribution in [0.1, 0.15) is 29.8 Å². The fourth-order valence-electron chi connectivity index (χ4n) is 3.88. The first-order valence-corrected chi connectivity index (χ1v) is 13.4. The van der Waals surface area contributed by atoms with Crippen LogP contribution in [0.5, 0.6) is 11.5 Å². The van der Waals surface area contributed by atoms with Crippen molar-refractivity contribution in [1.82, 2.24) is 0 Å². The number of halogens is 1. The highest BCUT2D eigenvalue weighted by Gasteiger charge is 2.20. The highest BCUT2D eigenvalue weighted by molar-refractivity contribution is 7.85. The van der Waals surface area contributed by atoms with Gasteiger partial charge in [-0.15, -0.1) is 5.11 Å². The third-order valence-corrected chi connectivity index (χ3v) is 6.89. The van der Waals surface area contributed by atoms with Gasteiger partial charge in [0.1, 0.15) is 11.4 Å². The third-order valence-electron chi connectivity index (χ3n) is 5.72. The molecule has 196 valence electrons. The molecule has 0 radical (unpaired) electrons. The Morgan fingerprint density at radius 2 is 1.74 bits per heavy atom. The van der Waals surface area contributed by atoms with E-state index in [0.717, 1.165) is 12.1 Å². The summed E-state index contributed by atoms with van der Waals surface area (Å²) in [6.07, 6.45) is 0.399. The Bertz CT molecular complexity index is 1650. The summed E-state index contributed by atoms with van der Waals surface area (Å²) in [6, 6.07) is 17.6. The fraction of sp³-hybridized carbons (Fsp3) is 0.148. The van der Waals surface area contributed by atoms with Gasteiger partial charge >= 0.3 is 0 Å². The van der Waals surface area contributed by atoms with Gasteiger partial charge in [-0.3, -0.25) is 9.35 Å². The quantitative estimate of drug-likeness (QED) is 0.157. The Balaban J connectivity index is 1.78. The van der Waals surface area contributed by atoms with Crippen LogP contribution in [0.3, 0.4) is 0 Å². The summed E-state index contributed by atoms with van der Waals surface area (Å²) in [7, 11) is -4.55. The molecule has 0 aliphatic rings. The third kappa shape index (κ3) is 5.77. The SMILES string of the molecule is CCOc1ccc(NC(=O)c2cc3ccccc3c(N=Nc3cc(S(=O)(=O)O)cc(Cl)c3CC)c2O)cc1. The molecule has 11 heteroatoms. The van der Waals surface area contributed by atoms with Crippen LogP contribution in [0.25, 0.3) is 10.8 Å². The molecule has 0 bridgehead atoms. The van der Waals surface area contributed by atoms with E-state index in [1.54, 1.807) is 61.5 Å². The zero-order valence-electron chi connectivity index (χ0n) is 20.5. The number of carbonyl (C=O) groups is 1. The van der Waals surface area contributed by atoms with Crippen LogP contribution >= 0.6 is 11.6 Å². The number of nitrogens with zero attached hydrogens (tertiary/aromatic N) is 2. The standard InChI is InChI=1S/C27H24ClN3O6S/c1-3-20-23(28)14-19(38(34,35)36)15-24(20)30-31-25-21-8-6-5-7-16(21)13-22(26(25)32)27(33)29-17-9-11-18(12-10-17)37-4-2/h5-15,32H,3-4H2,1-2H3,(H,29,33)(H,34,35,36). The molecule has 3 N–H and O–H groups in total. The number of phenols is 1. The molecule has 9 nitrogen and oxygen atoms in total. The second-order valence-electron chi connectivity index (χ2n) is 8.19. The lowest BCUT2D eigenvalue weighted by atomic mass is 10.0. The lowest BCUT2D eigenvalue weighted by Crippen LogP contribution is -2.12. The van der Waals surface area contributed by atoms with Crippen molar-refractivity contribution in [3.63, 3.8) is 0 Å². The molecule has 0 atom stereocenters. The molecule has 0 aromatic heterocycles. The van der Waals surface area contributed by atoms with Gasteiger partial charge in [-0.25, -0.2) is 0 Å². The zero-order valence-corrected chi connectivity index (χ0v) is 22.0. The van der Waals surface area contributed by atoms with Crippen molar-refractivity contribution < 1.29 is 27.6 Å². The first-order valence-electron chi connectivity index (χ1n) is 11.6. The number of hydrogen-bond acceptors (Lipinski definition) is 7. The molecular formula is C27H24ClN3O6S. The second kappa shape index (κ2) is 11.2. The number of benzene rings is 4. The summed E-state index contributed by atoms with van der Waals surface area (Å²) in [4.78, 5) is 12.7. The Labute approximate surface area is 224 Å². The van der Waals surface area contributed by atoms with Crippen molar-refractivity contribution in [1.29, 1.82) is 0 Å². The maximum Gasteiger partial charge on any atom is 0.294 e. The van der Waals surface area contributed by atoms with Gasteiger partial charge in [-0.05, 0) is 66.8 Å². The normalized spacial score (nSPS) is 11.7. The van der Waals surface area contributed by atoms with E-state index >= 15 is 0 Å². The first kappa shape index (κ1) is 27.1. The van der Waals surface area contributed by atoms with E-state index in [9.17, 15) is 22.9 Å². The fourth-order valence-corrected chi connectivity index (χ4v) is 4.82. The number of nitrogens with one attached hydrogen (secondary N) is 1. The summed E-state index contributed by atoms with van der Waals surface area (Å²) in [5, 5.41) is 23.4. The molecule has 0 spiro atoms. The van der Waals surface area contributed by atoms with Crippen LogP contribution in [-0.2, 0) is 16.5 Å². The number of ether oxygens (including phenoxy) is 1. The largest absolute Gasteiger partial charge is 0.505 e. The Hall–Kier alpha value is -3.99. The van der Waals surface area contributed by atoms with Gasteiger partial charge < -0.3 is 15.2 Å². The smallest absolute Gasteiger partial charge is 0.294 e. The molecule has 0 aliphatic heterocycles. The van der Waals surface area contributed by atoms with E-state index in [4.69, 9.17) is 16.3 Å². The summed E-state index contributed by atoms with van der Waals surface area (Å²) >= 11 is 6.23. The maximum absolute atomic E-state index is 13.1. The van der Waals surface area contributed by atoms with Gasteiger partial charge in [-0.2, -0.15) is 13.5 Å². The molecule has 0 saturated carbocycles. The van der Waals surface area contributed by atoms with Crippen LogP contribution in [0.2, 0.25) is 5.02 Å². The van der Waals surface area contributed by atoms with E-state index < -0.39 is 26.7 Å². The highest BCUT2D eigenvalue weighted by atomic mass is 35.5. The van der Waals surface area contributed by atoms with E-state index in [-0.39, 0.29) is 22.0 Å². The van der Waals surface area contributed by atoms with Gasteiger partial charge in [0.05, 0.1) is 22.8 Å². The first-order chi connectivity index (χ1) is 18.1. The van der Waals surface area contributed by atoms with Gasteiger partial charge in [-0.1, -0.05) is 42.8 Å². The number of hydrogen-bond donors (Lipinski definition) is 3. The van der Waals surface area contributed by atoms with E-state index in [0.29, 0.717) is 40.8 Å². The molecule has 0 fully saturated rings. The number of fused-ring (bicyclic) bond motifs is 1. The van der Waals surface area contributed by atoms with Crippen LogP contribution in [-0.4, -0.2) is 30.6 Å². The van der Waals surface area contributed by atoms with Crippen molar-refractivity contribution in [2.45, 2.75) is 25.2 Å². The molecule has 1 amide bonds. The number of anilines is 1. The molecule has 0 heterocycles. The number of rotatable bonds is 8. The minimum Gasteiger partial charge on any atom is -0.505 e. The number of phenolic OH excluding ortho intramolecular Hbond substituents is 1. The number of aromatic hydroxyl groups is 1. The predicted molar refractivity (Wildman–Crippen MR) is 146 cm³/mol. The molecule has 0 aliphatic carbocycles. The van der Waals surface area contributed by atoms with E-state index in [1.165, 1.54) is 0 Å². The van der Waals surface area contributed by atoms with Crippen molar-refractivity contribution in [3.05, 3.63) is 82.9 Å². The van der Waals surface area contributed by atoms with Crippen LogP contribution in [0.15, 0.2) is 81.9 Å². The lowest BCUT2D eigenvalue weighted by Gasteiger charge is -2.12. The number of carbonyl (C=O) groups excluding carboxylic acids is 1. The second-order valence-corrected chi connectivity index (χ2v) is 10.0. The molecule has 4 aromatic rings. The molecule has 38 heavy (non-hydrogen) atoms. The van der Waals surface area contributed by atoms with E-state index in [2.05, 4.69) is 15.5 Å². The zero-order chi connectivity index (χ0) is 27.4. The van der Waals surface area contributed by atoms with Crippen molar-refractivity contribution in [3.8, 4) is 11.5 Å². The Morgan fingerprint density at radius 3 is 2.39 bits per heavy atom. The summed E-state index contributed by atoms with van der Waals surface area (Å²) in [5.74, 6) is -0.322. The van der Waals surface area contributed by atoms with Crippen LogP contribution < -0.4 is 10.1 Å². The van der Waals surface area contributed by atoms with Crippen molar-refractivity contribution in [2.24, 2.45) is 10.2 Å². The lowest BCUT2D eigenvalue weighted by molar-refractivity contribution is 0.102. The minimum atomic E-state index is -4.55. The van der Waals surface area contributed by atoms with Gasteiger partial charge in [0.15, 0.2) is 5.75 Å². The molecule has 4 aromatic carbocycles. The maximum atomic E-state index is 13.1. The monoisotopic (exact) mass is 553 g/mol. The summed E-state index contributed by atoms with van der Waals surface area (Å²) in [5.41, 5.74) is 1.07. The van der Waals surface area contributed by atoms with Gasteiger partial charge in [0.25, 0.3) is 16.0 Å². The van der Waals surface area contributed by atoms with Crippen LogP contribution in [0.4, 0.5) is 17.1 Å². The number of amides is 1. The summed E-state index contributed by atoms with van der Waals surface area (Å²) in [6.45, 7) is 4.18. The Morgan fingerprint density at radius 1 is 1.03 bits per heavy atom. The molecular weight excluding hydrogens is 530 g/mol. The molecule has 0 saturated heterocycles. The van der Waals surface area contributed by atoms with E-state index in [1.807, 2.05) is 6.92 Å². The van der Waals surface area contributed by atoms with Crippen molar-refractivity contribution >= 4 is 55.5 Å². The predicted octanol–water partition coefficient (Wildman–Crippen LogP) is 7.07. The van der Waals surface area contributed by atoms with Crippen LogP contribution in [0, 0.1) is 0 Å². The van der Waals surface area contributed by atoms with Gasteiger partial charge in [0.2, 0.25) is 0 Å². The molecule has 4 rings (SSSR count). The summed E-state index contributed by atoms with van der Waals surface area (Å²) < 4.78 is 38.3. The highest BCUT2D eigenvalue weighted by Crippen LogP contribution is 2.40. The average molecular weight is 554 g/mol. The Kier molecular flexibility index (Phi) is 7.96. The topological polar surface area (TPSA) is 138 Å². The minimum absolute atomic E-state index is 0.00961. The van der Waals surface area contributed by atoms with Crippen molar-refractivity contribution in [2.75, 3.05) is 11.9 Å². The van der Waals surface area contributed by atoms with Gasteiger partial charge in [0, 0.05) is 16.1 Å².